The molecule has 2 aromatic carbocycles. The lowest BCUT2D eigenvalue weighted by molar-refractivity contribution is 0.923. The molecule has 0 amide bonds. The second-order valence-corrected chi connectivity index (χ2v) is 5.86. The van der Waals surface area contributed by atoms with Crippen molar-refractivity contribution in [2.45, 2.75) is 19.8 Å². The number of hydrogen-bond donors (Lipinski definition) is 0. The molecule has 0 nitrogen and oxygen atoms in total. The average molecular weight is 355 g/mol. The van der Waals surface area contributed by atoms with Crippen molar-refractivity contribution in [2.75, 3.05) is 0 Å². The summed E-state index contributed by atoms with van der Waals surface area (Å²) in [6.45, 7) is 2.20. The summed E-state index contributed by atoms with van der Waals surface area (Å²) in [7, 11) is 3.77. The minimum atomic E-state index is 1.07. The number of fused-ring (bicyclic) bond motifs is 1. The maximum absolute atomic E-state index is 3.77. The molecule has 2 aromatic rings. The van der Waals surface area contributed by atoms with E-state index in [2.05, 4.69) is 73.3 Å². The van der Waals surface area contributed by atoms with E-state index in [4.69, 9.17) is 0 Å². The molecule has 0 aliphatic carbocycles. The van der Waals surface area contributed by atoms with Crippen molar-refractivity contribution in [3.63, 3.8) is 0 Å². The first-order valence-electron chi connectivity index (χ1n) is 5.27. The standard InChI is InChI=1S/C13H11Br2Si/c1-2-5-10-12(15)11(14)8-6-3-4-7-9(8)13(10)16/h3-4,6-7H,2,5H2,1H3. The third-order valence-electron chi connectivity index (χ3n) is 2.69. The Hall–Kier alpha value is -0.123. The zero-order valence-corrected chi connectivity index (χ0v) is 13.2. The average Bonchev–Trinajstić information content (AvgIpc) is 2.32. The molecule has 0 N–H and O–H groups in total. The van der Waals surface area contributed by atoms with Crippen LogP contribution in [0.3, 0.4) is 0 Å². The Balaban J connectivity index is 2.83. The summed E-state index contributed by atoms with van der Waals surface area (Å²) in [6.07, 6.45) is 2.21. The Morgan fingerprint density at radius 3 is 2.31 bits per heavy atom. The monoisotopic (exact) mass is 353 g/mol. The predicted molar refractivity (Wildman–Crippen MR) is 78.7 cm³/mol. The van der Waals surface area contributed by atoms with Gasteiger partial charge in [-0.3, -0.25) is 0 Å². The van der Waals surface area contributed by atoms with Crippen LogP contribution in [0.15, 0.2) is 33.2 Å². The van der Waals surface area contributed by atoms with Gasteiger partial charge in [0.05, 0.1) is 10.2 Å². The second kappa shape index (κ2) is 5.03. The summed E-state index contributed by atoms with van der Waals surface area (Å²) in [5, 5.41) is 3.70. The van der Waals surface area contributed by atoms with Gasteiger partial charge in [-0.1, -0.05) is 42.8 Å². The van der Waals surface area contributed by atoms with E-state index in [9.17, 15) is 0 Å². The largest absolute Gasteiger partial charge is 0.0725 e. The van der Waals surface area contributed by atoms with Crippen molar-refractivity contribution in [3.05, 3.63) is 38.8 Å². The van der Waals surface area contributed by atoms with E-state index < -0.39 is 0 Å². The highest BCUT2D eigenvalue weighted by Crippen LogP contribution is 2.33. The molecule has 0 spiro atoms. The molecule has 0 heterocycles. The van der Waals surface area contributed by atoms with Crippen molar-refractivity contribution in [1.82, 2.24) is 0 Å². The lowest BCUT2D eigenvalue weighted by Crippen LogP contribution is -2.13. The molecule has 0 saturated heterocycles. The van der Waals surface area contributed by atoms with E-state index in [1.807, 2.05) is 0 Å². The lowest BCUT2D eigenvalue weighted by atomic mass is 10.0. The first kappa shape index (κ1) is 12.3. The summed E-state index contributed by atoms with van der Waals surface area (Å²) in [5.41, 5.74) is 1.34. The first-order valence-corrected chi connectivity index (χ1v) is 7.35. The van der Waals surface area contributed by atoms with Crippen molar-refractivity contribution in [2.24, 2.45) is 0 Å². The third-order valence-corrected chi connectivity index (χ3v) is 5.49. The smallest absolute Gasteiger partial charge is 0.0651 e. The Morgan fingerprint density at radius 2 is 1.69 bits per heavy atom. The van der Waals surface area contributed by atoms with Gasteiger partial charge in [0.2, 0.25) is 0 Å². The van der Waals surface area contributed by atoms with Gasteiger partial charge in [0.1, 0.15) is 0 Å². The normalized spacial score (nSPS) is 11.0. The van der Waals surface area contributed by atoms with Gasteiger partial charge in [-0.2, -0.15) is 0 Å². The van der Waals surface area contributed by atoms with Gasteiger partial charge in [0, 0.05) is 8.95 Å². The van der Waals surface area contributed by atoms with Crippen LogP contribution in [0, 0.1) is 0 Å². The van der Waals surface area contributed by atoms with E-state index in [1.54, 1.807) is 0 Å². The molecule has 0 bridgehead atoms. The Kier molecular flexibility index (Phi) is 3.87. The van der Waals surface area contributed by atoms with Crippen molar-refractivity contribution < 1.29 is 0 Å². The van der Waals surface area contributed by atoms with Crippen LogP contribution in [0.4, 0.5) is 0 Å². The number of rotatable bonds is 2. The molecule has 0 aliphatic rings. The van der Waals surface area contributed by atoms with E-state index in [0.29, 0.717) is 0 Å². The maximum Gasteiger partial charge on any atom is 0.0725 e. The summed E-state index contributed by atoms with van der Waals surface area (Å²) < 4.78 is 2.31. The summed E-state index contributed by atoms with van der Waals surface area (Å²) in [5.74, 6) is 0. The van der Waals surface area contributed by atoms with Crippen molar-refractivity contribution in [3.8, 4) is 0 Å². The van der Waals surface area contributed by atoms with Crippen LogP contribution >= 0.6 is 31.9 Å². The van der Waals surface area contributed by atoms with Crippen LogP contribution in [-0.2, 0) is 6.42 Å². The molecule has 0 atom stereocenters. The van der Waals surface area contributed by atoms with Crippen LogP contribution in [0.5, 0.6) is 0 Å². The van der Waals surface area contributed by atoms with Gasteiger partial charge in [-0.25, -0.2) is 0 Å². The van der Waals surface area contributed by atoms with Gasteiger partial charge in [0.15, 0.2) is 0 Å². The van der Waals surface area contributed by atoms with Gasteiger partial charge in [-0.05, 0) is 54.6 Å². The topological polar surface area (TPSA) is 0 Å². The zero-order chi connectivity index (χ0) is 11.7. The summed E-state index contributed by atoms with van der Waals surface area (Å²) in [6, 6.07) is 8.41. The van der Waals surface area contributed by atoms with Gasteiger partial charge < -0.3 is 0 Å². The highest BCUT2D eigenvalue weighted by atomic mass is 79.9. The molecule has 3 radical (unpaired) electrons. The fraction of sp³-hybridized carbons (Fsp3) is 0.231. The van der Waals surface area contributed by atoms with Crippen molar-refractivity contribution in [1.29, 1.82) is 0 Å². The molecule has 81 valence electrons. The molecule has 0 saturated carbocycles. The maximum atomic E-state index is 3.77. The number of halogens is 2. The first-order chi connectivity index (χ1) is 7.66. The molecular weight excluding hydrogens is 344 g/mol. The molecule has 0 aromatic heterocycles. The molecule has 0 fully saturated rings. The van der Waals surface area contributed by atoms with Crippen LogP contribution in [-0.4, -0.2) is 10.2 Å². The molecule has 16 heavy (non-hydrogen) atoms. The number of hydrogen-bond acceptors (Lipinski definition) is 0. The summed E-state index contributed by atoms with van der Waals surface area (Å²) >= 11 is 7.34. The minimum absolute atomic E-state index is 1.07. The molecular formula is C13H11Br2Si. The molecule has 2 rings (SSSR count). The quantitative estimate of drug-likeness (QED) is 0.712. The molecule has 0 aliphatic heterocycles. The van der Waals surface area contributed by atoms with E-state index in [0.717, 1.165) is 21.8 Å². The van der Waals surface area contributed by atoms with Gasteiger partial charge >= 0.3 is 0 Å². The van der Waals surface area contributed by atoms with Crippen LogP contribution in [0.25, 0.3) is 10.8 Å². The highest BCUT2D eigenvalue weighted by molar-refractivity contribution is 9.13. The zero-order valence-electron chi connectivity index (χ0n) is 8.98. The Morgan fingerprint density at radius 1 is 1.06 bits per heavy atom. The SMILES string of the molecule is CCCc1c(Br)c(Br)c2ccccc2c1[Si]. The lowest BCUT2D eigenvalue weighted by Gasteiger charge is -2.14. The molecule has 3 heteroatoms. The molecule has 0 unspecified atom stereocenters. The minimum Gasteiger partial charge on any atom is -0.0651 e. The van der Waals surface area contributed by atoms with Crippen molar-refractivity contribution >= 4 is 58.1 Å². The van der Waals surface area contributed by atoms with E-state index in [-0.39, 0.29) is 0 Å². The van der Waals surface area contributed by atoms with Crippen LogP contribution in [0.2, 0.25) is 0 Å². The Bertz CT molecular complexity index is 535. The van der Waals surface area contributed by atoms with Crippen LogP contribution in [0.1, 0.15) is 18.9 Å². The third kappa shape index (κ3) is 2.00. The van der Waals surface area contributed by atoms with E-state index in [1.165, 1.54) is 21.5 Å². The van der Waals surface area contributed by atoms with E-state index >= 15 is 0 Å². The van der Waals surface area contributed by atoms with Crippen LogP contribution < -0.4 is 5.19 Å². The fourth-order valence-corrected chi connectivity index (χ4v) is 3.75. The summed E-state index contributed by atoms with van der Waals surface area (Å²) in [4.78, 5) is 0. The predicted octanol–water partition coefficient (Wildman–Crippen LogP) is 4.11. The van der Waals surface area contributed by atoms with Gasteiger partial charge in [-0.15, -0.1) is 0 Å². The van der Waals surface area contributed by atoms with Gasteiger partial charge in [0.25, 0.3) is 0 Å². The second-order valence-electron chi connectivity index (χ2n) is 3.78. The Labute approximate surface area is 116 Å². The number of benzene rings is 2. The highest BCUT2D eigenvalue weighted by Gasteiger charge is 2.12. The fourth-order valence-electron chi connectivity index (χ4n) is 1.90.